The van der Waals surface area contributed by atoms with E-state index in [0.717, 1.165) is 24.8 Å². The molecule has 1 aliphatic carbocycles. The van der Waals surface area contributed by atoms with E-state index in [1.807, 2.05) is 12.1 Å². The highest BCUT2D eigenvalue weighted by atomic mass is 19.1. The van der Waals surface area contributed by atoms with Gasteiger partial charge in [-0.3, -0.25) is 4.79 Å². The second-order valence-corrected chi connectivity index (χ2v) is 5.43. The van der Waals surface area contributed by atoms with E-state index < -0.39 is 0 Å². The summed E-state index contributed by atoms with van der Waals surface area (Å²) in [6.07, 6.45) is 4.14. The second kappa shape index (κ2) is 6.16. The van der Waals surface area contributed by atoms with Crippen LogP contribution in [-0.2, 0) is 14.3 Å². The first-order chi connectivity index (χ1) is 10.2. The highest BCUT2D eigenvalue weighted by molar-refractivity contribution is 5.91. The third-order valence-electron chi connectivity index (χ3n) is 3.98. The standard InChI is InChI=1S/C16H18FNO3/c17-13-4-1-11(2-5-13)12-3-6-14(9-12)18-16(19)15-10-20-7-8-21-15/h1-2,4-5,10,12,14H,3,6-9H2,(H,18,19)/t12-,14+/m0/s1. The molecular weight excluding hydrogens is 273 g/mol. The molecule has 0 unspecified atom stereocenters. The number of hydrogen-bond acceptors (Lipinski definition) is 3. The number of benzene rings is 1. The zero-order valence-corrected chi connectivity index (χ0v) is 11.7. The van der Waals surface area contributed by atoms with Crippen molar-refractivity contribution >= 4 is 5.91 Å². The monoisotopic (exact) mass is 291 g/mol. The van der Waals surface area contributed by atoms with Crippen LogP contribution in [0.4, 0.5) is 4.39 Å². The number of carbonyl (C=O) groups excluding carboxylic acids is 1. The van der Waals surface area contributed by atoms with Crippen molar-refractivity contribution in [2.45, 2.75) is 31.2 Å². The van der Waals surface area contributed by atoms with Gasteiger partial charge < -0.3 is 14.8 Å². The van der Waals surface area contributed by atoms with Crippen molar-refractivity contribution in [3.8, 4) is 0 Å². The van der Waals surface area contributed by atoms with Gasteiger partial charge >= 0.3 is 0 Å². The molecule has 0 aromatic heterocycles. The van der Waals surface area contributed by atoms with Crippen LogP contribution in [0.15, 0.2) is 36.3 Å². The fourth-order valence-corrected chi connectivity index (χ4v) is 2.89. The second-order valence-electron chi connectivity index (χ2n) is 5.43. The highest BCUT2D eigenvalue weighted by Crippen LogP contribution is 2.34. The van der Waals surface area contributed by atoms with E-state index in [9.17, 15) is 9.18 Å². The van der Waals surface area contributed by atoms with Gasteiger partial charge in [0.25, 0.3) is 5.91 Å². The third-order valence-corrected chi connectivity index (χ3v) is 3.98. The Bertz CT molecular complexity index is 541. The van der Waals surface area contributed by atoms with E-state index >= 15 is 0 Å². The van der Waals surface area contributed by atoms with Crippen LogP contribution in [0.2, 0.25) is 0 Å². The predicted molar refractivity (Wildman–Crippen MR) is 74.9 cm³/mol. The summed E-state index contributed by atoms with van der Waals surface area (Å²) in [5.41, 5.74) is 1.13. The summed E-state index contributed by atoms with van der Waals surface area (Å²) in [6, 6.07) is 6.74. The molecule has 0 bridgehead atoms. The minimum atomic E-state index is -0.223. The molecule has 1 aliphatic heterocycles. The Labute approximate surface area is 122 Å². The molecule has 2 atom stereocenters. The minimum absolute atomic E-state index is 0.124. The molecule has 1 aromatic carbocycles. The van der Waals surface area contributed by atoms with Crippen LogP contribution in [0.5, 0.6) is 0 Å². The van der Waals surface area contributed by atoms with Gasteiger partial charge in [-0.25, -0.2) is 4.39 Å². The molecule has 5 heteroatoms. The van der Waals surface area contributed by atoms with Crippen molar-refractivity contribution in [2.75, 3.05) is 13.2 Å². The molecule has 112 valence electrons. The maximum Gasteiger partial charge on any atom is 0.289 e. The van der Waals surface area contributed by atoms with Gasteiger partial charge in [-0.15, -0.1) is 0 Å². The minimum Gasteiger partial charge on any atom is -0.494 e. The van der Waals surface area contributed by atoms with Gasteiger partial charge in [-0.1, -0.05) is 12.1 Å². The molecule has 2 aliphatic rings. The van der Waals surface area contributed by atoms with Crippen LogP contribution in [0.1, 0.15) is 30.7 Å². The summed E-state index contributed by atoms with van der Waals surface area (Å²) in [6.45, 7) is 0.884. The van der Waals surface area contributed by atoms with Crippen molar-refractivity contribution < 1.29 is 18.7 Å². The normalized spacial score (nSPS) is 24.7. The molecule has 1 aromatic rings. The van der Waals surface area contributed by atoms with Crippen molar-refractivity contribution in [3.05, 3.63) is 47.7 Å². The predicted octanol–water partition coefficient (Wildman–Crippen LogP) is 2.47. The van der Waals surface area contributed by atoms with E-state index in [0.29, 0.717) is 19.1 Å². The lowest BCUT2D eigenvalue weighted by atomic mass is 9.97. The van der Waals surface area contributed by atoms with Gasteiger partial charge in [0, 0.05) is 6.04 Å². The van der Waals surface area contributed by atoms with Gasteiger partial charge in [0.05, 0.1) is 0 Å². The quantitative estimate of drug-likeness (QED) is 0.930. The number of halogens is 1. The summed E-state index contributed by atoms with van der Waals surface area (Å²) in [7, 11) is 0. The maximum absolute atomic E-state index is 12.9. The van der Waals surface area contributed by atoms with Crippen LogP contribution < -0.4 is 5.32 Å². The summed E-state index contributed by atoms with van der Waals surface area (Å²) in [4.78, 5) is 12.0. The molecule has 1 fully saturated rings. The van der Waals surface area contributed by atoms with E-state index in [1.165, 1.54) is 18.4 Å². The largest absolute Gasteiger partial charge is 0.494 e. The molecular formula is C16H18FNO3. The number of hydrogen-bond donors (Lipinski definition) is 1. The van der Waals surface area contributed by atoms with E-state index in [2.05, 4.69) is 5.32 Å². The molecule has 1 amide bonds. The Balaban J connectivity index is 1.56. The molecule has 0 spiro atoms. The smallest absolute Gasteiger partial charge is 0.289 e. The van der Waals surface area contributed by atoms with Gasteiger partial charge in [-0.2, -0.15) is 0 Å². The summed E-state index contributed by atoms with van der Waals surface area (Å²) < 4.78 is 23.3. The van der Waals surface area contributed by atoms with Gasteiger partial charge in [0.15, 0.2) is 0 Å². The number of carbonyl (C=O) groups is 1. The van der Waals surface area contributed by atoms with E-state index in [4.69, 9.17) is 9.47 Å². The van der Waals surface area contributed by atoms with E-state index in [-0.39, 0.29) is 23.5 Å². The van der Waals surface area contributed by atoms with Gasteiger partial charge in [0.1, 0.15) is 25.3 Å². The SMILES string of the molecule is O=C(N[C@@H]1CC[C@H](c2ccc(F)cc2)C1)C1=COCCO1. The topological polar surface area (TPSA) is 47.6 Å². The average Bonchev–Trinajstić information content (AvgIpc) is 2.97. The zero-order chi connectivity index (χ0) is 14.7. The molecule has 0 radical (unpaired) electrons. The fraction of sp³-hybridized carbons (Fsp3) is 0.438. The lowest BCUT2D eigenvalue weighted by Gasteiger charge is -2.18. The van der Waals surface area contributed by atoms with Gasteiger partial charge in [0.2, 0.25) is 5.76 Å². The van der Waals surface area contributed by atoms with Crippen LogP contribution in [0.3, 0.4) is 0 Å². The van der Waals surface area contributed by atoms with Crippen molar-refractivity contribution in [1.29, 1.82) is 0 Å². The Kier molecular flexibility index (Phi) is 4.08. The van der Waals surface area contributed by atoms with Crippen LogP contribution >= 0.6 is 0 Å². The number of ether oxygens (including phenoxy) is 2. The Hall–Kier alpha value is -2.04. The number of amides is 1. The van der Waals surface area contributed by atoms with Crippen LogP contribution in [0, 0.1) is 5.82 Å². The number of nitrogens with one attached hydrogen (secondary N) is 1. The molecule has 0 saturated heterocycles. The average molecular weight is 291 g/mol. The molecule has 4 nitrogen and oxygen atoms in total. The van der Waals surface area contributed by atoms with Crippen LogP contribution in [-0.4, -0.2) is 25.2 Å². The third kappa shape index (κ3) is 3.35. The van der Waals surface area contributed by atoms with Crippen molar-refractivity contribution in [1.82, 2.24) is 5.32 Å². The van der Waals surface area contributed by atoms with E-state index in [1.54, 1.807) is 0 Å². The maximum atomic E-state index is 12.9. The first-order valence-electron chi connectivity index (χ1n) is 7.23. The van der Waals surface area contributed by atoms with Gasteiger partial charge in [-0.05, 0) is 42.9 Å². The summed E-state index contributed by atoms with van der Waals surface area (Å²) in [5, 5.41) is 2.97. The van der Waals surface area contributed by atoms with Crippen LogP contribution in [0.25, 0.3) is 0 Å². The Morgan fingerprint density at radius 3 is 2.71 bits per heavy atom. The first kappa shape index (κ1) is 13.9. The first-order valence-corrected chi connectivity index (χ1v) is 7.23. The zero-order valence-electron chi connectivity index (χ0n) is 11.7. The highest BCUT2D eigenvalue weighted by Gasteiger charge is 2.28. The van der Waals surface area contributed by atoms with Crippen molar-refractivity contribution in [3.63, 3.8) is 0 Å². The van der Waals surface area contributed by atoms with Crippen molar-refractivity contribution in [2.24, 2.45) is 0 Å². The molecule has 1 saturated carbocycles. The lowest BCUT2D eigenvalue weighted by Crippen LogP contribution is -2.35. The molecule has 1 heterocycles. The Morgan fingerprint density at radius 1 is 1.19 bits per heavy atom. The number of rotatable bonds is 3. The fourth-order valence-electron chi connectivity index (χ4n) is 2.89. The lowest BCUT2D eigenvalue weighted by molar-refractivity contribution is -0.122. The molecule has 21 heavy (non-hydrogen) atoms. The molecule has 1 N–H and O–H groups in total. The summed E-state index contributed by atoms with van der Waals surface area (Å²) in [5.74, 6) is 0.169. The molecule has 3 rings (SSSR count). The Morgan fingerprint density at radius 2 is 2.00 bits per heavy atom. The summed E-state index contributed by atoms with van der Waals surface area (Å²) >= 11 is 0.